The Balaban J connectivity index is 1.65. The maximum absolute atomic E-state index is 13.1. The van der Waals surface area contributed by atoms with Gasteiger partial charge in [-0.2, -0.15) is 4.31 Å². The Bertz CT molecular complexity index is 1140. The minimum Gasteiger partial charge on any atom is -0.480 e. The third-order valence-corrected chi connectivity index (χ3v) is 7.72. The van der Waals surface area contributed by atoms with E-state index in [0.717, 1.165) is 4.31 Å². The van der Waals surface area contributed by atoms with Gasteiger partial charge in [-0.3, -0.25) is 14.4 Å². The number of hydrogen-bond acceptors (Lipinski definition) is 8. The van der Waals surface area contributed by atoms with E-state index >= 15 is 0 Å². The number of nitrogens with zero attached hydrogens (tertiary/aromatic N) is 2. The number of aliphatic carboxylic acids is 1. The van der Waals surface area contributed by atoms with Crippen LogP contribution in [0.25, 0.3) is 0 Å². The minimum atomic E-state index is -4.17. The van der Waals surface area contributed by atoms with Gasteiger partial charge in [0.15, 0.2) is 0 Å². The molecule has 0 aromatic heterocycles. The molecule has 2 N–H and O–H groups in total. The molecule has 2 atom stereocenters. The summed E-state index contributed by atoms with van der Waals surface area (Å²) in [5, 5.41) is 12.2. The summed E-state index contributed by atoms with van der Waals surface area (Å²) in [6.07, 6.45) is -0.633. The molecule has 2 aliphatic heterocycles. The molecule has 2 heterocycles. The predicted molar refractivity (Wildman–Crippen MR) is 119 cm³/mol. The number of benzene rings is 1. The Morgan fingerprint density at radius 1 is 1.11 bits per heavy atom. The summed E-state index contributed by atoms with van der Waals surface area (Å²) >= 11 is 11.8. The first kappa shape index (κ1) is 26.9. The smallest absolute Gasteiger partial charge is 0.333 e. The van der Waals surface area contributed by atoms with Crippen molar-refractivity contribution in [1.82, 2.24) is 14.7 Å². The zero-order chi connectivity index (χ0) is 25.9. The number of imide groups is 1. The van der Waals surface area contributed by atoms with Gasteiger partial charge in [0.2, 0.25) is 15.9 Å². The first-order chi connectivity index (χ1) is 16.4. The van der Waals surface area contributed by atoms with Crippen molar-refractivity contribution in [2.45, 2.75) is 55.5 Å². The predicted octanol–water partition coefficient (Wildman–Crippen LogP) is 1.10. The molecule has 2 saturated heterocycles. The van der Waals surface area contributed by atoms with E-state index in [1.54, 1.807) is 0 Å². The number of sulfonamides is 1. The van der Waals surface area contributed by atoms with Gasteiger partial charge in [0, 0.05) is 29.4 Å². The Labute approximate surface area is 210 Å². The molecule has 0 spiro atoms. The number of amides is 3. The fraction of sp³-hybridized carbons (Fsp3) is 0.450. The number of carbonyl (C=O) groups excluding carboxylic acids is 4. The Morgan fingerprint density at radius 2 is 1.71 bits per heavy atom. The molecule has 2 fully saturated rings. The second-order valence-corrected chi connectivity index (χ2v) is 10.6. The third-order valence-electron chi connectivity index (χ3n) is 5.40. The summed E-state index contributed by atoms with van der Waals surface area (Å²) in [5.41, 5.74) is 0. The summed E-state index contributed by atoms with van der Waals surface area (Å²) < 4.78 is 27.1. The number of carboxylic acid groups (broad SMARTS) is 1. The number of hydroxylamine groups is 2. The molecule has 35 heavy (non-hydrogen) atoms. The SMILES string of the molecule is O=C(CC[C@H](NC(=O)[C@H]1CCCN1S(=O)(=O)c1cc(Cl)cc(Cl)c1)C(=O)O)ON1C(=O)CCC1=O. The first-order valence-corrected chi connectivity index (χ1v) is 12.7. The lowest BCUT2D eigenvalue weighted by molar-refractivity contribution is -0.197. The van der Waals surface area contributed by atoms with Crippen LogP contribution in [0.5, 0.6) is 0 Å². The van der Waals surface area contributed by atoms with Crippen molar-refractivity contribution in [1.29, 1.82) is 0 Å². The standard InChI is InChI=1S/C20H21Cl2N3O9S/c21-11-8-12(22)10-13(9-11)35(32,33)24-7-1-2-15(24)19(29)23-14(20(30)31)3-6-18(28)34-25-16(26)4-5-17(25)27/h8-10,14-15H,1-7H2,(H,23,29)(H,30,31)/t14-,15+/m0/s1. The number of carbonyl (C=O) groups is 5. The fourth-order valence-electron chi connectivity index (χ4n) is 3.70. The molecule has 3 amide bonds. The fourth-order valence-corrected chi connectivity index (χ4v) is 6.08. The van der Waals surface area contributed by atoms with Gasteiger partial charge in [0.1, 0.15) is 12.1 Å². The van der Waals surface area contributed by atoms with Crippen LogP contribution in [0.4, 0.5) is 0 Å². The van der Waals surface area contributed by atoms with Crippen molar-refractivity contribution >= 4 is 62.9 Å². The van der Waals surface area contributed by atoms with Gasteiger partial charge < -0.3 is 15.3 Å². The third kappa shape index (κ3) is 6.28. The average molecular weight is 550 g/mol. The quantitative estimate of drug-likeness (QED) is 0.428. The Hall–Kier alpha value is -2.74. The van der Waals surface area contributed by atoms with E-state index in [0.29, 0.717) is 11.5 Å². The summed E-state index contributed by atoms with van der Waals surface area (Å²) in [4.78, 5) is 64.0. The average Bonchev–Trinajstić information content (AvgIpc) is 3.39. The van der Waals surface area contributed by atoms with E-state index in [9.17, 15) is 37.5 Å². The molecule has 3 rings (SSSR count). The summed E-state index contributed by atoms with van der Waals surface area (Å²) in [6, 6.07) is 1.00. The Morgan fingerprint density at radius 3 is 2.29 bits per heavy atom. The van der Waals surface area contributed by atoms with Gasteiger partial charge in [-0.1, -0.05) is 23.2 Å². The second kappa shape index (κ2) is 10.9. The highest BCUT2D eigenvalue weighted by atomic mass is 35.5. The van der Waals surface area contributed by atoms with Crippen LogP contribution < -0.4 is 5.32 Å². The topological polar surface area (TPSA) is 167 Å². The number of hydrogen-bond donors (Lipinski definition) is 2. The van der Waals surface area contributed by atoms with Crippen molar-refractivity contribution in [2.75, 3.05) is 6.54 Å². The largest absolute Gasteiger partial charge is 0.480 e. The molecule has 0 radical (unpaired) electrons. The van der Waals surface area contributed by atoms with Crippen molar-refractivity contribution < 1.29 is 42.3 Å². The molecular formula is C20H21Cl2N3O9S. The van der Waals surface area contributed by atoms with E-state index < -0.39 is 64.6 Å². The number of nitrogens with one attached hydrogen (secondary N) is 1. The molecule has 1 aromatic rings. The van der Waals surface area contributed by atoms with Crippen LogP contribution in [0.3, 0.4) is 0 Å². The summed E-state index contributed by atoms with van der Waals surface area (Å²) in [5.74, 6) is -4.72. The van der Waals surface area contributed by atoms with Crippen LogP contribution in [-0.2, 0) is 38.8 Å². The molecule has 12 nitrogen and oxygen atoms in total. The number of carboxylic acids is 1. The van der Waals surface area contributed by atoms with Gasteiger partial charge in [-0.15, -0.1) is 5.06 Å². The molecule has 2 aliphatic rings. The van der Waals surface area contributed by atoms with E-state index in [2.05, 4.69) is 10.2 Å². The van der Waals surface area contributed by atoms with Crippen LogP contribution in [0.1, 0.15) is 38.5 Å². The lowest BCUT2D eigenvalue weighted by Crippen LogP contribution is -2.51. The highest BCUT2D eigenvalue weighted by Gasteiger charge is 2.41. The van der Waals surface area contributed by atoms with Gasteiger partial charge in [0.05, 0.1) is 11.3 Å². The molecule has 1 aromatic carbocycles. The van der Waals surface area contributed by atoms with Crippen LogP contribution in [0.2, 0.25) is 10.0 Å². The molecule has 15 heteroatoms. The highest BCUT2D eigenvalue weighted by Crippen LogP contribution is 2.30. The van der Waals surface area contributed by atoms with Crippen molar-refractivity contribution in [2.24, 2.45) is 0 Å². The molecule has 0 unspecified atom stereocenters. The maximum atomic E-state index is 13.1. The lowest BCUT2D eigenvalue weighted by atomic mass is 10.1. The van der Waals surface area contributed by atoms with Crippen LogP contribution >= 0.6 is 23.2 Å². The molecular weight excluding hydrogens is 529 g/mol. The normalized spacial score (nSPS) is 19.6. The van der Waals surface area contributed by atoms with Gasteiger partial charge >= 0.3 is 11.9 Å². The summed E-state index contributed by atoms with van der Waals surface area (Å²) in [7, 11) is -4.17. The molecule has 0 bridgehead atoms. The summed E-state index contributed by atoms with van der Waals surface area (Å²) in [6.45, 7) is 0.0203. The van der Waals surface area contributed by atoms with Crippen molar-refractivity contribution in [3.8, 4) is 0 Å². The second-order valence-electron chi connectivity index (χ2n) is 7.86. The van der Waals surface area contributed by atoms with E-state index in [-0.39, 0.29) is 40.7 Å². The zero-order valence-corrected chi connectivity index (χ0v) is 20.4. The van der Waals surface area contributed by atoms with E-state index in [4.69, 9.17) is 23.2 Å². The van der Waals surface area contributed by atoms with Gasteiger partial charge in [0.25, 0.3) is 11.8 Å². The zero-order valence-electron chi connectivity index (χ0n) is 18.1. The van der Waals surface area contributed by atoms with E-state index in [1.165, 1.54) is 18.2 Å². The van der Waals surface area contributed by atoms with Crippen molar-refractivity contribution in [3.63, 3.8) is 0 Å². The molecule has 0 saturated carbocycles. The lowest BCUT2D eigenvalue weighted by Gasteiger charge is -2.25. The Kier molecular flexibility index (Phi) is 8.36. The van der Waals surface area contributed by atoms with Crippen LogP contribution in [-0.4, -0.2) is 71.2 Å². The molecule has 190 valence electrons. The van der Waals surface area contributed by atoms with Crippen LogP contribution in [0, 0.1) is 0 Å². The van der Waals surface area contributed by atoms with Crippen molar-refractivity contribution in [3.05, 3.63) is 28.2 Å². The maximum Gasteiger partial charge on any atom is 0.333 e. The first-order valence-electron chi connectivity index (χ1n) is 10.5. The van der Waals surface area contributed by atoms with Gasteiger partial charge in [-0.05, 0) is 37.5 Å². The monoisotopic (exact) mass is 549 g/mol. The number of rotatable bonds is 9. The van der Waals surface area contributed by atoms with Crippen LogP contribution in [0.15, 0.2) is 23.1 Å². The van der Waals surface area contributed by atoms with Gasteiger partial charge in [-0.25, -0.2) is 18.0 Å². The number of halogens is 2. The molecule has 0 aliphatic carbocycles. The highest BCUT2D eigenvalue weighted by molar-refractivity contribution is 7.89. The van der Waals surface area contributed by atoms with E-state index in [1.807, 2.05) is 0 Å². The minimum absolute atomic E-state index is 0.0203.